The van der Waals surface area contributed by atoms with Crippen LogP contribution >= 0.6 is 23.4 Å². The van der Waals surface area contributed by atoms with Crippen LogP contribution in [0.4, 0.5) is 0 Å². The standard InChI is InChI=1S/C22H24ClN5O2S/c1-2-15-5-3-4-10-26(15)19(29)11-17-13-31-22-25-20-18(21(30)27(17)22)12-24-28(20)16-8-6-14(23)7-9-16/h6-9,12,15,17H,2-5,10-11,13H2,1H3. The summed E-state index contributed by atoms with van der Waals surface area (Å²) in [6, 6.07) is 7.41. The van der Waals surface area contributed by atoms with Gasteiger partial charge in [0.15, 0.2) is 10.8 Å². The van der Waals surface area contributed by atoms with Gasteiger partial charge in [0.1, 0.15) is 5.39 Å². The fourth-order valence-corrected chi connectivity index (χ4v) is 5.88. The predicted molar refractivity (Wildman–Crippen MR) is 122 cm³/mol. The minimum absolute atomic E-state index is 0.131. The predicted octanol–water partition coefficient (Wildman–Crippen LogP) is 4.06. The molecule has 2 aliphatic heterocycles. The number of rotatable bonds is 4. The zero-order valence-corrected chi connectivity index (χ0v) is 18.9. The Morgan fingerprint density at radius 1 is 1.23 bits per heavy atom. The van der Waals surface area contributed by atoms with Crippen LogP contribution in [0, 0.1) is 0 Å². The van der Waals surface area contributed by atoms with Gasteiger partial charge >= 0.3 is 0 Å². The van der Waals surface area contributed by atoms with Crippen LogP contribution in [0.25, 0.3) is 16.7 Å². The number of aromatic nitrogens is 4. The molecular formula is C22H24ClN5O2S. The fraction of sp³-hybridized carbons (Fsp3) is 0.455. The number of piperidine rings is 1. The molecule has 1 amide bonds. The van der Waals surface area contributed by atoms with Crippen LogP contribution < -0.4 is 5.56 Å². The highest BCUT2D eigenvalue weighted by molar-refractivity contribution is 7.99. The van der Waals surface area contributed by atoms with Gasteiger partial charge in [0.05, 0.1) is 17.9 Å². The quantitative estimate of drug-likeness (QED) is 0.552. The lowest BCUT2D eigenvalue weighted by Crippen LogP contribution is -2.44. The first kappa shape index (κ1) is 20.6. The van der Waals surface area contributed by atoms with Crippen LogP contribution in [0.3, 0.4) is 0 Å². The van der Waals surface area contributed by atoms with Crippen LogP contribution in [0.1, 0.15) is 45.1 Å². The average Bonchev–Trinajstić information content (AvgIpc) is 3.39. The Bertz CT molecular complexity index is 1190. The Hall–Kier alpha value is -2.32. The maximum absolute atomic E-state index is 13.3. The summed E-state index contributed by atoms with van der Waals surface area (Å²) in [5.41, 5.74) is 1.19. The third kappa shape index (κ3) is 3.65. The molecule has 0 saturated carbocycles. The fourth-order valence-electron chi connectivity index (χ4n) is 4.62. The van der Waals surface area contributed by atoms with Gasteiger partial charge in [-0.15, -0.1) is 0 Å². The minimum atomic E-state index is -0.171. The normalized spacial score (nSPS) is 20.9. The van der Waals surface area contributed by atoms with E-state index in [4.69, 9.17) is 16.6 Å². The summed E-state index contributed by atoms with van der Waals surface area (Å²) < 4.78 is 3.36. The molecule has 0 radical (unpaired) electrons. The van der Waals surface area contributed by atoms with E-state index in [0.29, 0.717) is 39.4 Å². The number of thioether (sulfide) groups is 1. The van der Waals surface area contributed by atoms with Crippen molar-refractivity contribution in [3.63, 3.8) is 0 Å². The van der Waals surface area contributed by atoms with Crippen molar-refractivity contribution in [2.75, 3.05) is 12.3 Å². The van der Waals surface area contributed by atoms with Crippen molar-refractivity contribution in [3.8, 4) is 5.69 Å². The number of hydrogen-bond acceptors (Lipinski definition) is 5. The second-order valence-electron chi connectivity index (χ2n) is 8.15. The van der Waals surface area contributed by atoms with E-state index in [-0.39, 0.29) is 17.5 Å². The SMILES string of the molecule is CCC1CCCCN1C(=O)CC1CSc2nc3c(cnn3-c3ccc(Cl)cc3)c(=O)n21. The molecule has 0 aliphatic carbocycles. The molecule has 0 bridgehead atoms. The smallest absolute Gasteiger partial charge is 0.265 e. The lowest BCUT2D eigenvalue weighted by molar-refractivity contribution is -0.135. The molecule has 162 valence electrons. The molecule has 5 rings (SSSR count). The maximum atomic E-state index is 13.3. The molecule has 0 N–H and O–H groups in total. The number of benzene rings is 1. The number of likely N-dealkylation sites (tertiary alicyclic amines) is 1. The van der Waals surface area contributed by atoms with Gasteiger partial charge in [-0.2, -0.15) is 5.10 Å². The van der Waals surface area contributed by atoms with Crippen molar-refractivity contribution in [1.29, 1.82) is 0 Å². The van der Waals surface area contributed by atoms with Crippen molar-refractivity contribution < 1.29 is 4.79 Å². The lowest BCUT2D eigenvalue weighted by atomic mass is 9.99. The average molecular weight is 458 g/mol. The second kappa shape index (κ2) is 8.31. The molecule has 0 spiro atoms. The summed E-state index contributed by atoms with van der Waals surface area (Å²) in [5.74, 6) is 0.827. The highest BCUT2D eigenvalue weighted by atomic mass is 35.5. The number of halogens is 1. The highest BCUT2D eigenvalue weighted by Gasteiger charge is 2.33. The number of fused-ring (bicyclic) bond motifs is 2. The van der Waals surface area contributed by atoms with E-state index in [1.165, 1.54) is 18.2 Å². The maximum Gasteiger partial charge on any atom is 0.265 e. The van der Waals surface area contributed by atoms with Crippen LogP contribution in [-0.2, 0) is 4.79 Å². The molecule has 4 heterocycles. The zero-order valence-electron chi connectivity index (χ0n) is 17.3. The zero-order chi connectivity index (χ0) is 21.5. The third-order valence-corrected chi connectivity index (χ3v) is 7.62. The number of nitrogens with zero attached hydrogens (tertiary/aromatic N) is 5. The Morgan fingerprint density at radius 3 is 2.81 bits per heavy atom. The van der Waals surface area contributed by atoms with E-state index >= 15 is 0 Å². The molecular weight excluding hydrogens is 434 g/mol. The molecule has 2 unspecified atom stereocenters. The first-order valence-corrected chi connectivity index (χ1v) is 12.1. The van der Waals surface area contributed by atoms with Gasteiger partial charge in [-0.05, 0) is 49.9 Å². The number of carbonyl (C=O) groups excluding carboxylic acids is 1. The summed E-state index contributed by atoms with van der Waals surface area (Å²) >= 11 is 7.52. The van der Waals surface area contributed by atoms with Crippen molar-refractivity contribution in [1.82, 2.24) is 24.2 Å². The first-order chi connectivity index (χ1) is 15.1. The van der Waals surface area contributed by atoms with Gasteiger partial charge in [0.25, 0.3) is 5.56 Å². The van der Waals surface area contributed by atoms with Gasteiger partial charge in [0.2, 0.25) is 5.91 Å². The van der Waals surface area contributed by atoms with E-state index < -0.39 is 0 Å². The summed E-state index contributed by atoms with van der Waals surface area (Å²) in [6.45, 7) is 2.96. The van der Waals surface area contributed by atoms with Gasteiger partial charge < -0.3 is 4.90 Å². The molecule has 9 heteroatoms. The highest BCUT2D eigenvalue weighted by Crippen LogP contribution is 2.34. The van der Waals surface area contributed by atoms with Gasteiger partial charge in [-0.3, -0.25) is 14.2 Å². The summed E-state index contributed by atoms with van der Waals surface area (Å²) in [6.07, 6.45) is 6.20. The molecule has 2 aliphatic rings. The first-order valence-electron chi connectivity index (χ1n) is 10.7. The van der Waals surface area contributed by atoms with Gasteiger partial charge in [-0.25, -0.2) is 9.67 Å². The van der Waals surface area contributed by atoms with Gasteiger partial charge in [0, 0.05) is 29.8 Å². The Labute approximate surface area is 189 Å². The molecule has 31 heavy (non-hydrogen) atoms. The number of carbonyl (C=O) groups is 1. The molecule has 2 aromatic heterocycles. The van der Waals surface area contributed by atoms with Crippen LogP contribution in [0.15, 0.2) is 40.4 Å². The topological polar surface area (TPSA) is 73.0 Å². The van der Waals surface area contributed by atoms with Crippen molar-refractivity contribution in [2.24, 2.45) is 0 Å². The summed E-state index contributed by atoms with van der Waals surface area (Å²) in [7, 11) is 0. The molecule has 7 nitrogen and oxygen atoms in total. The van der Waals surface area contributed by atoms with E-state index in [2.05, 4.69) is 12.0 Å². The Kier molecular flexibility index (Phi) is 5.52. The number of amides is 1. The largest absolute Gasteiger partial charge is 0.340 e. The van der Waals surface area contributed by atoms with Crippen LogP contribution in [0.5, 0.6) is 0 Å². The molecule has 1 fully saturated rings. The lowest BCUT2D eigenvalue weighted by Gasteiger charge is -2.36. The van der Waals surface area contributed by atoms with Crippen molar-refractivity contribution in [2.45, 2.75) is 56.3 Å². The second-order valence-corrected chi connectivity index (χ2v) is 9.58. The summed E-state index contributed by atoms with van der Waals surface area (Å²) in [5, 5.41) is 6.14. The van der Waals surface area contributed by atoms with Crippen LogP contribution in [-0.4, -0.2) is 48.5 Å². The monoisotopic (exact) mass is 457 g/mol. The van der Waals surface area contributed by atoms with E-state index in [1.807, 2.05) is 17.0 Å². The third-order valence-electron chi connectivity index (χ3n) is 6.27. The van der Waals surface area contributed by atoms with Crippen molar-refractivity contribution >= 4 is 40.3 Å². The van der Waals surface area contributed by atoms with E-state index in [9.17, 15) is 9.59 Å². The van der Waals surface area contributed by atoms with E-state index in [1.54, 1.807) is 27.6 Å². The Balaban J connectivity index is 1.46. The molecule has 2 atom stereocenters. The molecule has 1 saturated heterocycles. The van der Waals surface area contributed by atoms with Crippen LogP contribution in [0.2, 0.25) is 5.02 Å². The van der Waals surface area contributed by atoms with Crippen molar-refractivity contribution in [3.05, 3.63) is 45.8 Å². The van der Waals surface area contributed by atoms with E-state index in [0.717, 1.165) is 31.5 Å². The van der Waals surface area contributed by atoms with Gasteiger partial charge in [-0.1, -0.05) is 30.3 Å². The molecule has 3 aromatic rings. The number of hydrogen-bond donors (Lipinski definition) is 0. The minimum Gasteiger partial charge on any atom is -0.340 e. The molecule has 1 aromatic carbocycles. The Morgan fingerprint density at radius 2 is 2.03 bits per heavy atom. The summed E-state index contributed by atoms with van der Waals surface area (Å²) in [4.78, 5) is 33.2.